The maximum absolute atomic E-state index is 12.4. The van der Waals surface area contributed by atoms with E-state index in [4.69, 9.17) is 27.9 Å². The number of nitrogens with one attached hydrogen (secondary N) is 1. The maximum Gasteiger partial charge on any atom is 0.224 e. The Labute approximate surface area is 144 Å². The first kappa shape index (κ1) is 16.1. The molecule has 0 aliphatic carbocycles. The summed E-state index contributed by atoms with van der Waals surface area (Å²) in [4.78, 5) is 16.6. The van der Waals surface area contributed by atoms with Crippen LogP contribution in [0.5, 0.6) is 5.88 Å². The van der Waals surface area contributed by atoms with Crippen molar-refractivity contribution in [1.82, 2.24) is 10.3 Å². The molecule has 2 heterocycles. The van der Waals surface area contributed by atoms with Crippen molar-refractivity contribution in [3.05, 3.63) is 57.2 Å². The number of aromatic nitrogens is 1. The Kier molecular flexibility index (Phi) is 4.74. The molecule has 0 spiro atoms. The van der Waals surface area contributed by atoms with Crippen molar-refractivity contribution < 1.29 is 9.53 Å². The van der Waals surface area contributed by atoms with Crippen molar-refractivity contribution >= 4 is 29.1 Å². The van der Waals surface area contributed by atoms with Crippen LogP contribution in [0.1, 0.15) is 29.2 Å². The Bertz CT molecular complexity index is 726. The van der Waals surface area contributed by atoms with Gasteiger partial charge in [-0.25, -0.2) is 4.98 Å². The van der Waals surface area contributed by atoms with Gasteiger partial charge in [-0.05, 0) is 36.2 Å². The van der Waals surface area contributed by atoms with Gasteiger partial charge in [-0.2, -0.15) is 0 Å². The highest BCUT2D eigenvalue weighted by Crippen LogP contribution is 2.30. The first-order chi connectivity index (χ1) is 11.0. The van der Waals surface area contributed by atoms with Crippen molar-refractivity contribution in [3.63, 3.8) is 0 Å². The van der Waals surface area contributed by atoms with Crippen molar-refractivity contribution in [3.8, 4) is 5.88 Å². The highest BCUT2D eigenvalue weighted by Gasteiger charge is 2.24. The first-order valence-electron chi connectivity index (χ1n) is 7.36. The smallest absolute Gasteiger partial charge is 0.224 e. The normalized spacial score (nSPS) is 16.4. The van der Waals surface area contributed by atoms with Crippen LogP contribution in [0, 0.1) is 6.92 Å². The molecule has 1 unspecified atom stereocenters. The number of fused-ring (bicyclic) bond motifs is 1. The summed E-state index contributed by atoms with van der Waals surface area (Å²) in [5.74, 6) is 0.504. The molecular weight excluding hydrogens is 335 g/mol. The molecule has 0 saturated heterocycles. The standard InChI is InChI=1S/C17H16Cl2N2O2/c1-10-7-11(18)8-14(19)13(10)9-16(22)21-15-4-6-23-17-12(15)3-2-5-20-17/h2-3,5,7-8,15H,4,6,9H2,1H3,(H,21,22). The lowest BCUT2D eigenvalue weighted by molar-refractivity contribution is -0.121. The Hall–Kier alpha value is -1.78. The number of rotatable bonds is 3. The van der Waals surface area contributed by atoms with Crippen molar-refractivity contribution in [2.75, 3.05) is 6.61 Å². The molecule has 1 aromatic heterocycles. The third kappa shape index (κ3) is 3.59. The maximum atomic E-state index is 12.4. The fourth-order valence-electron chi connectivity index (χ4n) is 2.73. The number of ether oxygens (including phenoxy) is 1. The molecular formula is C17H16Cl2N2O2. The molecule has 0 fully saturated rings. The molecule has 2 aromatic rings. The lowest BCUT2D eigenvalue weighted by Crippen LogP contribution is -2.33. The Morgan fingerprint density at radius 3 is 3.04 bits per heavy atom. The summed E-state index contributed by atoms with van der Waals surface area (Å²) in [7, 11) is 0. The number of pyridine rings is 1. The molecule has 1 aromatic carbocycles. The number of hydrogen-bond donors (Lipinski definition) is 1. The average Bonchev–Trinajstić information content (AvgIpc) is 2.51. The van der Waals surface area contributed by atoms with E-state index in [1.165, 1.54) is 0 Å². The molecule has 1 aliphatic rings. The number of aryl methyl sites for hydroxylation is 1. The van der Waals surface area contributed by atoms with Gasteiger partial charge in [-0.3, -0.25) is 4.79 Å². The van der Waals surface area contributed by atoms with Crippen LogP contribution in [-0.4, -0.2) is 17.5 Å². The number of hydrogen-bond acceptors (Lipinski definition) is 3. The van der Waals surface area contributed by atoms with Crippen LogP contribution < -0.4 is 10.1 Å². The number of carbonyl (C=O) groups excluding carboxylic acids is 1. The fourth-order valence-corrected chi connectivity index (χ4v) is 3.39. The third-order valence-electron chi connectivity index (χ3n) is 3.88. The highest BCUT2D eigenvalue weighted by molar-refractivity contribution is 6.35. The van der Waals surface area contributed by atoms with Gasteiger partial charge in [0.2, 0.25) is 11.8 Å². The highest BCUT2D eigenvalue weighted by atomic mass is 35.5. The lowest BCUT2D eigenvalue weighted by atomic mass is 10.0. The van der Waals surface area contributed by atoms with Crippen LogP contribution in [0.15, 0.2) is 30.5 Å². The lowest BCUT2D eigenvalue weighted by Gasteiger charge is -2.25. The van der Waals surface area contributed by atoms with E-state index in [0.29, 0.717) is 22.5 Å². The van der Waals surface area contributed by atoms with Crippen LogP contribution in [0.2, 0.25) is 10.0 Å². The van der Waals surface area contributed by atoms with Crippen LogP contribution in [0.4, 0.5) is 0 Å². The first-order valence-corrected chi connectivity index (χ1v) is 8.12. The largest absolute Gasteiger partial charge is 0.477 e. The zero-order valence-electron chi connectivity index (χ0n) is 12.6. The van der Waals surface area contributed by atoms with E-state index in [1.807, 2.05) is 25.1 Å². The molecule has 6 heteroatoms. The van der Waals surface area contributed by atoms with Gasteiger partial charge in [-0.15, -0.1) is 0 Å². The quantitative estimate of drug-likeness (QED) is 0.913. The summed E-state index contributed by atoms with van der Waals surface area (Å²) in [6.45, 7) is 2.43. The number of benzene rings is 1. The van der Waals surface area contributed by atoms with Gasteiger partial charge in [-0.1, -0.05) is 29.3 Å². The second-order valence-corrected chi connectivity index (χ2v) is 6.36. The predicted molar refractivity (Wildman–Crippen MR) is 90.1 cm³/mol. The summed E-state index contributed by atoms with van der Waals surface area (Å²) in [6, 6.07) is 7.14. The van der Waals surface area contributed by atoms with E-state index in [-0.39, 0.29) is 18.4 Å². The van der Waals surface area contributed by atoms with Crippen LogP contribution in [0.3, 0.4) is 0 Å². The molecule has 0 radical (unpaired) electrons. The number of carbonyl (C=O) groups is 1. The molecule has 1 aliphatic heterocycles. The van der Waals surface area contributed by atoms with E-state index in [9.17, 15) is 4.79 Å². The van der Waals surface area contributed by atoms with Crippen molar-refractivity contribution in [1.29, 1.82) is 0 Å². The predicted octanol–water partition coefficient (Wildman–Crippen LogP) is 3.88. The number of nitrogens with zero attached hydrogens (tertiary/aromatic N) is 1. The summed E-state index contributed by atoms with van der Waals surface area (Å²) in [6.07, 6.45) is 2.62. The van der Waals surface area contributed by atoms with E-state index in [2.05, 4.69) is 10.3 Å². The Morgan fingerprint density at radius 2 is 2.26 bits per heavy atom. The fraction of sp³-hybridized carbons (Fsp3) is 0.294. The molecule has 1 atom stereocenters. The average molecular weight is 351 g/mol. The minimum absolute atomic E-state index is 0.0842. The van der Waals surface area contributed by atoms with Gasteiger partial charge < -0.3 is 10.1 Å². The Balaban J connectivity index is 1.74. The van der Waals surface area contributed by atoms with E-state index in [0.717, 1.165) is 23.1 Å². The molecule has 4 nitrogen and oxygen atoms in total. The second kappa shape index (κ2) is 6.77. The molecule has 1 N–H and O–H groups in total. The summed E-state index contributed by atoms with van der Waals surface area (Å²) in [5, 5.41) is 4.13. The molecule has 3 rings (SSSR count). The van der Waals surface area contributed by atoms with Crippen molar-refractivity contribution in [2.24, 2.45) is 0 Å². The number of amides is 1. The molecule has 120 valence electrons. The third-order valence-corrected chi connectivity index (χ3v) is 4.43. The summed E-state index contributed by atoms with van der Waals surface area (Å²) >= 11 is 12.2. The van der Waals surface area contributed by atoms with Gasteiger partial charge in [0, 0.05) is 28.2 Å². The molecule has 0 saturated carbocycles. The zero-order chi connectivity index (χ0) is 16.4. The second-order valence-electron chi connectivity index (χ2n) is 5.51. The molecule has 23 heavy (non-hydrogen) atoms. The SMILES string of the molecule is Cc1cc(Cl)cc(Cl)c1CC(=O)NC1CCOc2ncccc21. The van der Waals surface area contributed by atoms with E-state index < -0.39 is 0 Å². The summed E-state index contributed by atoms with van der Waals surface area (Å²) in [5.41, 5.74) is 2.62. The van der Waals surface area contributed by atoms with Crippen LogP contribution >= 0.6 is 23.2 Å². The van der Waals surface area contributed by atoms with Gasteiger partial charge in [0.05, 0.1) is 19.1 Å². The topological polar surface area (TPSA) is 51.2 Å². The van der Waals surface area contributed by atoms with Crippen LogP contribution in [0.25, 0.3) is 0 Å². The van der Waals surface area contributed by atoms with Gasteiger partial charge in [0.25, 0.3) is 0 Å². The zero-order valence-corrected chi connectivity index (χ0v) is 14.1. The van der Waals surface area contributed by atoms with Crippen molar-refractivity contribution in [2.45, 2.75) is 25.8 Å². The van der Waals surface area contributed by atoms with Gasteiger partial charge in [0.15, 0.2) is 0 Å². The van der Waals surface area contributed by atoms with E-state index in [1.54, 1.807) is 12.3 Å². The molecule has 0 bridgehead atoms. The van der Waals surface area contributed by atoms with Gasteiger partial charge >= 0.3 is 0 Å². The minimum atomic E-state index is -0.0914. The minimum Gasteiger partial charge on any atom is -0.477 e. The monoisotopic (exact) mass is 350 g/mol. The van der Waals surface area contributed by atoms with Gasteiger partial charge in [0.1, 0.15) is 0 Å². The van der Waals surface area contributed by atoms with E-state index >= 15 is 0 Å². The Morgan fingerprint density at radius 1 is 1.43 bits per heavy atom. The number of halogens is 2. The summed E-state index contributed by atoms with van der Waals surface area (Å²) < 4.78 is 5.51. The molecule has 1 amide bonds. The van der Waals surface area contributed by atoms with Crippen LogP contribution in [-0.2, 0) is 11.2 Å².